The zero-order valence-corrected chi connectivity index (χ0v) is 13.3. The van der Waals surface area contributed by atoms with Crippen molar-refractivity contribution in [2.45, 2.75) is 33.7 Å². The molecule has 0 saturated heterocycles. The molecule has 4 heteroatoms. The van der Waals surface area contributed by atoms with Crippen LogP contribution in [-0.4, -0.2) is 23.6 Å². The summed E-state index contributed by atoms with van der Waals surface area (Å²) >= 11 is 0. The molecule has 112 valence electrons. The summed E-state index contributed by atoms with van der Waals surface area (Å²) in [6, 6.07) is 10.4. The van der Waals surface area contributed by atoms with Gasteiger partial charge >= 0.3 is 0 Å². The fourth-order valence-electron chi connectivity index (χ4n) is 2.33. The first-order valence-corrected chi connectivity index (χ1v) is 7.45. The SMILES string of the molecule is CCCNc1cc(C)nc(CN(C)c2ccccc2C)n1. The van der Waals surface area contributed by atoms with Crippen LogP contribution in [0.25, 0.3) is 0 Å². The van der Waals surface area contributed by atoms with Gasteiger partial charge in [-0.05, 0) is 31.9 Å². The number of hydrogen-bond donors (Lipinski definition) is 1. The number of nitrogens with zero attached hydrogens (tertiary/aromatic N) is 3. The Morgan fingerprint density at radius 1 is 1.14 bits per heavy atom. The molecule has 0 fully saturated rings. The Morgan fingerprint density at radius 2 is 1.90 bits per heavy atom. The highest BCUT2D eigenvalue weighted by Crippen LogP contribution is 2.19. The van der Waals surface area contributed by atoms with E-state index in [0.29, 0.717) is 6.54 Å². The van der Waals surface area contributed by atoms with Crippen molar-refractivity contribution < 1.29 is 0 Å². The molecule has 1 aromatic carbocycles. The molecule has 21 heavy (non-hydrogen) atoms. The van der Waals surface area contributed by atoms with Crippen LogP contribution in [0.1, 0.15) is 30.4 Å². The van der Waals surface area contributed by atoms with Crippen molar-refractivity contribution in [1.82, 2.24) is 9.97 Å². The number of benzene rings is 1. The largest absolute Gasteiger partial charge is 0.370 e. The fraction of sp³-hybridized carbons (Fsp3) is 0.412. The summed E-state index contributed by atoms with van der Waals surface area (Å²) in [4.78, 5) is 11.3. The van der Waals surface area contributed by atoms with Crippen LogP contribution in [-0.2, 0) is 6.54 Å². The molecule has 1 heterocycles. The molecule has 0 radical (unpaired) electrons. The highest BCUT2D eigenvalue weighted by molar-refractivity contribution is 5.52. The van der Waals surface area contributed by atoms with E-state index in [1.807, 2.05) is 13.0 Å². The van der Waals surface area contributed by atoms with Crippen molar-refractivity contribution in [2.24, 2.45) is 0 Å². The number of hydrogen-bond acceptors (Lipinski definition) is 4. The van der Waals surface area contributed by atoms with Gasteiger partial charge in [-0.3, -0.25) is 0 Å². The topological polar surface area (TPSA) is 41.1 Å². The zero-order valence-electron chi connectivity index (χ0n) is 13.3. The summed E-state index contributed by atoms with van der Waals surface area (Å²) < 4.78 is 0. The maximum absolute atomic E-state index is 4.60. The number of rotatable bonds is 6. The van der Waals surface area contributed by atoms with Crippen LogP contribution >= 0.6 is 0 Å². The molecular weight excluding hydrogens is 260 g/mol. The van der Waals surface area contributed by atoms with E-state index in [2.05, 4.69) is 65.3 Å². The van der Waals surface area contributed by atoms with E-state index in [-0.39, 0.29) is 0 Å². The number of para-hydroxylation sites is 1. The Kier molecular flexibility index (Phi) is 5.14. The van der Waals surface area contributed by atoms with Gasteiger partial charge in [-0.1, -0.05) is 25.1 Å². The summed E-state index contributed by atoms with van der Waals surface area (Å²) in [5.74, 6) is 1.76. The number of nitrogens with one attached hydrogen (secondary N) is 1. The lowest BCUT2D eigenvalue weighted by atomic mass is 10.2. The van der Waals surface area contributed by atoms with E-state index >= 15 is 0 Å². The monoisotopic (exact) mass is 284 g/mol. The van der Waals surface area contributed by atoms with Gasteiger partial charge in [0.1, 0.15) is 11.6 Å². The standard InChI is InChI=1S/C17H24N4/c1-5-10-18-16-11-14(3)19-17(20-16)12-21(4)15-9-7-6-8-13(15)2/h6-9,11H,5,10,12H2,1-4H3,(H,18,19,20). The van der Waals surface area contributed by atoms with Gasteiger partial charge in [0, 0.05) is 31.0 Å². The third-order valence-corrected chi connectivity index (χ3v) is 3.36. The Bertz CT molecular complexity index is 595. The van der Waals surface area contributed by atoms with Crippen LogP contribution in [0.5, 0.6) is 0 Å². The first-order valence-electron chi connectivity index (χ1n) is 7.45. The van der Waals surface area contributed by atoms with Gasteiger partial charge in [0.25, 0.3) is 0 Å². The molecular formula is C17H24N4. The van der Waals surface area contributed by atoms with E-state index in [1.165, 1.54) is 11.3 Å². The van der Waals surface area contributed by atoms with E-state index in [4.69, 9.17) is 0 Å². The lowest BCUT2D eigenvalue weighted by Gasteiger charge is -2.21. The molecule has 0 aliphatic heterocycles. The number of anilines is 2. The second kappa shape index (κ2) is 7.07. The molecule has 0 unspecified atom stereocenters. The Labute approximate surface area is 127 Å². The quantitative estimate of drug-likeness (QED) is 0.880. The molecule has 0 saturated carbocycles. The highest BCUT2D eigenvalue weighted by atomic mass is 15.1. The highest BCUT2D eigenvalue weighted by Gasteiger charge is 2.08. The van der Waals surface area contributed by atoms with Gasteiger partial charge in [-0.15, -0.1) is 0 Å². The second-order valence-electron chi connectivity index (χ2n) is 5.38. The van der Waals surface area contributed by atoms with Crippen molar-refractivity contribution in [3.8, 4) is 0 Å². The lowest BCUT2D eigenvalue weighted by molar-refractivity contribution is 0.823. The normalized spacial score (nSPS) is 10.5. The molecule has 0 aliphatic rings. The third-order valence-electron chi connectivity index (χ3n) is 3.36. The third kappa shape index (κ3) is 4.18. The van der Waals surface area contributed by atoms with Gasteiger partial charge < -0.3 is 10.2 Å². The Morgan fingerprint density at radius 3 is 2.62 bits per heavy atom. The van der Waals surface area contributed by atoms with Crippen LogP contribution in [0.2, 0.25) is 0 Å². The predicted octanol–water partition coefficient (Wildman–Crippen LogP) is 3.55. The summed E-state index contributed by atoms with van der Waals surface area (Å²) in [6.07, 6.45) is 1.08. The fourth-order valence-corrected chi connectivity index (χ4v) is 2.33. The van der Waals surface area contributed by atoms with Crippen LogP contribution < -0.4 is 10.2 Å². The van der Waals surface area contributed by atoms with Crippen LogP contribution in [0.15, 0.2) is 30.3 Å². The molecule has 0 spiro atoms. The van der Waals surface area contributed by atoms with E-state index in [9.17, 15) is 0 Å². The predicted molar refractivity (Wildman–Crippen MR) is 88.8 cm³/mol. The average Bonchev–Trinajstić information content (AvgIpc) is 2.45. The smallest absolute Gasteiger partial charge is 0.150 e. The van der Waals surface area contributed by atoms with Crippen LogP contribution in [0.4, 0.5) is 11.5 Å². The maximum Gasteiger partial charge on any atom is 0.150 e. The zero-order chi connectivity index (χ0) is 15.2. The molecule has 0 bridgehead atoms. The molecule has 4 nitrogen and oxygen atoms in total. The van der Waals surface area contributed by atoms with Crippen molar-refractivity contribution in [3.05, 3.63) is 47.4 Å². The summed E-state index contributed by atoms with van der Waals surface area (Å²) in [5.41, 5.74) is 3.47. The molecule has 0 amide bonds. The van der Waals surface area contributed by atoms with Gasteiger partial charge in [-0.25, -0.2) is 9.97 Å². The summed E-state index contributed by atoms with van der Waals surface area (Å²) in [5, 5.41) is 3.33. The van der Waals surface area contributed by atoms with Crippen molar-refractivity contribution in [1.29, 1.82) is 0 Å². The number of aryl methyl sites for hydroxylation is 2. The minimum atomic E-state index is 0.702. The Hall–Kier alpha value is -2.10. The molecule has 2 rings (SSSR count). The Balaban J connectivity index is 2.15. The van der Waals surface area contributed by atoms with Crippen LogP contribution in [0, 0.1) is 13.8 Å². The van der Waals surface area contributed by atoms with E-state index in [1.54, 1.807) is 0 Å². The number of aromatic nitrogens is 2. The van der Waals surface area contributed by atoms with Gasteiger partial charge in [0.2, 0.25) is 0 Å². The van der Waals surface area contributed by atoms with E-state index in [0.717, 1.165) is 30.3 Å². The first kappa shape index (κ1) is 15.3. The molecule has 0 atom stereocenters. The molecule has 1 N–H and O–H groups in total. The summed E-state index contributed by atoms with van der Waals surface area (Å²) in [6.45, 7) is 7.91. The maximum atomic E-state index is 4.60. The van der Waals surface area contributed by atoms with Crippen molar-refractivity contribution in [3.63, 3.8) is 0 Å². The minimum Gasteiger partial charge on any atom is -0.370 e. The lowest BCUT2D eigenvalue weighted by Crippen LogP contribution is -2.20. The second-order valence-corrected chi connectivity index (χ2v) is 5.38. The van der Waals surface area contributed by atoms with Crippen molar-refractivity contribution in [2.75, 3.05) is 23.8 Å². The molecule has 0 aliphatic carbocycles. The first-order chi connectivity index (χ1) is 10.1. The molecule has 2 aromatic rings. The van der Waals surface area contributed by atoms with Gasteiger partial charge in [0.15, 0.2) is 0 Å². The summed E-state index contributed by atoms with van der Waals surface area (Å²) in [7, 11) is 2.08. The van der Waals surface area contributed by atoms with Crippen molar-refractivity contribution >= 4 is 11.5 Å². The molecule has 1 aromatic heterocycles. The van der Waals surface area contributed by atoms with Gasteiger partial charge in [-0.2, -0.15) is 0 Å². The van der Waals surface area contributed by atoms with Crippen LogP contribution in [0.3, 0.4) is 0 Å². The van der Waals surface area contributed by atoms with E-state index < -0.39 is 0 Å². The minimum absolute atomic E-state index is 0.702. The van der Waals surface area contributed by atoms with Gasteiger partial charge in [0.05, 0.1) is 6.54 Å². The average molecular weight is 284 g/mol.